The maximum Gasteiger partial charge on any atom is 0.319 e. The zero-order chi connectivity index (χ0) is 14.5. The molecule has 1 aliphatic carbocycles. The van der Waals surface area contributed by atoms with Crippen molar-refractivity contribution < 1.29 is 9.53 Å². The SMILES string of the molecule is COC(=O)C1(c2nc3cccc(Cl)c3n2C(C)C)CC1. The van der Waals surface area contributed by atoms with Crippen molar-refractivity contribution in [1.29, 1.82) is 0 Å². The van der Waals surface area contributed by atoms with Crippen molar-refractivity contribution in [2.75, 3.05) is 7.11 Å². The zero-order valence-corrected chi connectivity index (χ0v) is 12.6. The number of aromatic nitrogens is 2. The maximum atomic E-state index is 12.1. The monoisotopic (exact) mass is 292 g/mol. The Bertz CT molecular complexity index is 686. The van der Waals surface area contributed by atoms with E-state index in [-0.39, 0.29) is 12.0 Å². The van der Waals surface area contributed by atoms with Gasteiger partial charge in [0, 0.05) is 6.04 Å². The summed E-state index contributed by atoms with van der Waals surface area (Å²) in [6, 6.07) is 5.84. The second-order valence-corrected chi connectivity index (χ2v) is 5.99. The van der Waals surface area contributed by atoms with Gasteiger partial charge in [-0.25, -0.2) is 4.98 Å². The lowest BCUT2D eigenvalue weighted by atomic mass is 10.1. The minimum absolute atomic E-state index is 0.178. The number of para-hydroxylation sites is 1. The average Bonchev–Trinajstić information content (AvgIpc) is 3.12. The van der Waals surface area contributed by atoms with Crippen LogP contribution in [0.4, 0.5) is 0 Å². The summed E-state index contributed by atoms with van der Waals surface area (Å²) >= 11 is 6.33. The van der Waals surface area contributed by atoms with Crippen LogP contribution in [0.1, 0.15) is 38.6 Å². The molecule has 0 bridgehead atoms. The van der Waals surface area contributed by atoms with Crippen LogP contribution in [0.25, 0.3) is 11.0 Å². The van der Waals surface area contributed by atoms with Crippen LogP contribution < -0.4 is 0 Å². The smallest absolute Gasteiger partial charge is 0.319 e. The van der Waals surface area contributed by atoms with Crippen LogP contribution in [0.15, 0.2) is 18.2 Å². The molecular formula is C15H17ClN2O2. The third-order valence-corrected chi connectivity index (χ3v) is 4.24. The lowest BCUT2D eigenvalue weighted by molar-refractivity contribution is -0.144. The highest BCUT2D eigenvalue weighted by molar-refractivity contribution is 6.35. The molecule has 5 heteroatoms. The van der Waals surface area contributed by atoms with Crippen molar-refractivity contribution in [1.82, 2.24) is 9.55 Å². The highest BCUT2D eigenvalue weighted by Gasteiger charge is 2.56. The first-order valence-electron chi connectivity index (χ1n) is 6.76. The van der Waals surface area contributed by atoms with Crippen molar-refractivity contribution in [2.45, 2.75) is 38.1 Å². The number of ether oxygens (including phenoxy) is 1. The second kappa shape index (κ2) is 4.48. The van der Waals surface area contributed by atoms with Gasteiger partial charge in [0.05, 0.1) is 23.2 Å². The largest absolute Gasteiger partial charge is 0.468 e. The molecule has 0 radical (unpaired) electrons. The summed E-state index contributed by atoms with van der Waals surface area (Å²) in [6.07, 6.45) is 1.57. The van der Waals surface area contributed by atoms with Gasteiger partial charge in [0.2, 0.25) is 0 Å². The van der Waals surface area contributed by atoms with Crippen molar-refractivity contribution in [2.24, 2.45) is 0 Å². The Morgan fingerprint density at radius 2 is 2.15 bits per heavy atom. The summed E-state index contributed by atoms with van der Waals surface area (Å²) in [5.41, 5.74) is 1.15. The van der Waals surface area contributed by atoms with Gasteiger partial charge in [-0.05, 0) is 38.8 Å². The molecular weight excluding hydrogens is 276 g/mol. The van der Waals surface area contributed by atoms with Gasteiger partial charge < -0.3 is 9.30 Å². The fraction of sp³-hybridized carbons (Fsp3) is 0.467. The molecule has 1 heterocycles. The van der Waals surface area contributed by atoms with E-state index in [9.17, 15) is 4.79 Å². The van der Waals surface area contributed by atoms with Crippen molar-refractivity contribution in [3.63, 3.8) is 0 Å². The molecule has 1 aromatic carbocycles. The van der Waals surface area contributed by atoms with Crippen LogP contribution in [-0.2, 0) is 14.9 Å². The van der Waals surface area contributed by atoms with Gasteiger partial charge in [-0.2, -0.15) is 0 Å². The normalized spacial score (nSPS) is 16.6. The Labute approximate surface area is 122 Å². The maximum absolute atomic E-state index is 12.1. The highest BCUT2D eigenvalue weighted by Crippen LogP contribution is 2.50. The molecule has 1 saturated carbocycles. The Morgan fingerprint density at radius 1 is 1.45 bits per heavy atom. The van der Waals surface area contributed by atoms with Gasteiger partial charge in [-0.3, -0.25) is 4.79 Å². The second-order valence-electron chi connectivity index (χ2n) is 5.58. The number of esters is 1. The number of nitrogens with zero attached hydrogens (tertiary/aromatic N) is 2. The molecule has 1 aliphatic rings. The lowest BCUT2D eigenvalue weighted by Crippen LogP contribution is -2.26. The number of methoxy groups -OCH3 is 1. The van der Waals surface area contributed by atoms with Crippen LogP contribution in [0.2, 0.25) is 5.02 Å². The molecule has 0 N–H and O–H groups in total. The van der Waals surface area contributed by atoms with E-state index in [2.05, 4.69) is 23.4 Å². The Balaban J connectivity index is 2.29. The minimum atomic E-state index is -0.582. The molecule has 4 nitrogen and oxygen atoms in total. The van der Waals surface area contributed by atoms with E-state index in [1.165, 1.54) is 7.11 Å². The van der Waals surface area contributed by atoms with Gasteiger partial charge in [-0.1, -0.05) is 17.7 Å². The number of carbonyl (C=O) groups excluding carboxylic acids is 1. The topological polar surface area (TPSA) is 44.1 Å². The van der Waals surface area contributed by atoms with Crippen LogP contribution >= 0.6 is 11.6 Å². The standard InChI is InChI=1S/C15H17ClN2O2/c1-9(2)18-12-10(16)5-4-6-11(12)17-13(18)15(7-8-15)14(19)20-3/h4-6,9H,7-8H2,1-3H3. The zero-order valence-electron chi connectivity index (χ0n) is 11.8. The van der Waals surface area contributed by atoms with Crippen LogP contribution in [0.5, 0.6) is 0 Å². The Morgan fingerprint density at radius 3 is 2.70 bits per heavy atom. The van der Waals surface area contributed by atoms with Crippen molar-refractivity contribution in [3.05, 3.63) is 29.0 Å². The molecule has 0 unspecified atom stereocenters. The summed E-state index contributed by atoms with van der Waals surface area (Å²) < 4.78 is 7.04. The molecule has 3 rings (SSSR count). The van der Waals surface area contributed by atoms with E-state index < -0.39 is 5.41 Å². The molecule has 0 atom stereocenters. The predicted octanol–water partition coefficient (Wildman–Crippen LogP) is 3.48. The van der Waals surface area contributed by atoms with E-state index in [4.69, 9.17) is 16.3 Å². The quantitative estimate of drug-likeness (QED) is 0.814. The molecule has 106 valence electrons. The van der Waals surface area contributed by atoms with Crippen molar-refractivity contribution in [3.8, 4) is 0 Å². The number of hydrogen-bond donors (Lipinski definition) is 0. The van der Waals surface area contributed by atoms with Gasteiger partial charge in [-0.15, -0.1) is 0 Å². The molecule has 20 heavy (non-hydrogen) atoms. The summed E-state index contributed by atoms with van der Waals surface area (Å²) in [5, 5.41) is 0.663. The number of rotatable bonds is 3. The fourth-order valence-electron chi connectivity index (χ4n) is 2.79. The highest BCUT2D eigenvalue weighted by atomic mass is 35.5. The predicted molar refractivity (Wildman–Crippen MR) is 78.1 cm³/mol. The van der Waals surface area contributed by atoms with Crippen LogP contribution in [0, 0.1) is 0 Å². The van der Waals surface area contributed by atoms with Gasteiger partial charge >= 0.3 is 5.97 Å². The van der Waals surface area contributed by atoms with Crippen LogP contribution in [0.3, 0.4) is 0 Å². The molecule has 0 spiro atoms. The van der Waals surface area contributed by atoms with Gasteiger partial charge in [0.15, 0.2) is 0 Å². The number of hydrogen-bond acceptors (Lipinski definition) is 3. The summed E-state index contributed by atoms with van der Waals surface area (Å²) in [7, 11) is 1.43. The molecule has 1 fully saturated rings. The molecule has 0 amide bonds. The summed E-state index contributed by atoms with van der Waals surface area (Å²) in [5.74, 6) is 0.577. The fourth-order valence-corrected chi connectivity index (χ4v) is 3.05. The molecule has 0 saturated heterocycles. The third-order valence-electron chi connectivity index (χ3n) is 3.93. The van der Waals surface area contributed by atoms with E-state index in [0.717, 1.165) is 29.7 Å². The summed E-state index contributed by atoms with van der Waals surface area (Å²) in [4.78, 5) is 16.8. The summed E-state index contributed by atoms with van der Waals surface area (Å²) in [6.45, 7) is 4.14. The van der Waals surface area contributed by atoms with E-state index in [0.29, 0.717) is 5.02 Å². The van der Waals surface area contributed by atoms with Crippen molar-refractivity contribution >= 4 is 28.6 Å². The number of carbonyl (C=O) groups is 1. The lowest BCUT2D eigenvalue weighted by Gasteiger charge is -2.18. The molecule has 2 aromatic rings. The van der Waals surface area contributed by atoms with Gasteiger partial charge in [0.1, 0.15) is 11.2 Å². The average molecular weight is 293 g/mol. The van der Waals surface area contributed by atoms with Gasteiger partial charge in [0.25, 0.3) is 0 Å². The third kappa shape index (κ3) is 1.74. The first-order chi connectivity index (χ1) is 9.51. The van der Waals surface area contributed by atoms with E-state index >= 15 is 0 Å². The first kappa shape index (κ1) is 13.4. The van der Waals surface area contributed by atoms with Crippen LogP contribution in [-0.4, -0.2) is 22.6 Å². The van der Waals surface area contributed by atoms with E-state index in [1.54, 1.807) is 0 Å². The first-order valence-corrected chi connectivity index (χ1v) is 7.14. The number of halogens is 1. The number of benzene rings is 1. The molecule has 1 aromatic heterocycles. The Hall–Kier alpha value is -1.55. The number of imidazole rings is 1. The van der Waals surface area contributed by atoms with E-state index in [1.807, 2.05) is 18.2 Å². The number of fused-ring (bicyclic) bond motifs is 1. The minimum Gasteiger partial charge on any atom is -0.468 e. The molecule has 0 aliphatic heterocycles. The Kier molecular flexibility index (Phi) is 3.01.